The fourth-order valence-corrected chi connectivity index (χ4v) is 1.97. The number of hydrogen-bond acceptors (Lipinski definition) is 4. The molecular weight excluding hydrogens is 250 g/mol. The van der Waals surface area contributed by atoms with Gasteiger partial charge in [-0.3, -0.25) is 14.9 Å². The van der Waals surface area contributed by atoms with Crippen molar-refractivity contribution >= 4 is 28.3 Å². The van der Waals surface area contributed by atoms with E-state index in [2.05, 4.69) is 22.5 Å². The van der Waals surface area contributed by atoms with E-state index in [1.54, 1.807) is 11.6 Å². The van der Waals surface area contributed by atoms with Crippen LogP contribution in [0.15, 0.2) is 11.6 Å². The molecule has 0 aliphatic heterocycles. The van der Waals surface area contributed by atoms with Gasteiger partial charge in [0.25, 0.3) is 0 Å². The molecule has 2 amide bonds. The second-order valence-corrected chi connectivity index (χ2v) is 4.86. The average Bonchev–Trinajstić information content (AvgIpc) is 2.86. The van der Waals surface area contributed by atoms with Crippen LogP contribution in [-0.2, 0) is 9.59 Å². The zero-order valence-corrected chi connectivity index (χ0v) is 11.4. The molecule has 0 atom stereocenters. The smallest absolute Gasteiger partial charge is 0.315 e. The normalized spacial score (nSPS) is 10.1. The van der Waals surface area contributed by atoms with Gasteiger partial charge in [-0.25, -0.2) is 4.98 Å². The highest BCUT2D eigenvalue weighted by Crippen LogP contribution is 2.09. The molecule has 0 aromatic carbocycles. The second kappa shape index (κ2) is 8.63. The molecule has 5 nitrogen and oxygen atoms in total. The van der Waals surface area contributed by atoms with Gasteiger partial charge in [-0.1, -0.05) is 32.6 Å². The Bertz CT molecular complexity index is 365. The van der Waals surface area contributed by atoms with E-state index in [4.69, 9.17) is 0 Å². The first kappa shape index (κ1) is 14.6. The fourth-order valence-electron chi connectivity index (χ4n) is 1.45. The Morgan fingerprint density at radius 3 is 2.67 bits per heavy atom. The highest BCUT2D eigenvalue weighted by Gasteiger charge is 2.13. The van der Waals surface area contributed by atoms with Crippen molar-refractivity contribution in [1.29, 1.82) is 0 Å². The van der Waals surface area contributed by atoms with Crippen molar-refractivity contribution in [3.8, 4) is 0 Å². The highest BCUT2D eigenvalue weighted by molar-refractivity contribution is 7.13. The number of thiazole rings is 1. The molecular formula is C12H19N3O2S. The lowest BCUT2D eigenvalue weighted by Gasteiger charge is -2.04. The second-order valence-electron chi connectivity index (χ2n) is 3.96. The van der Waals surface area contributed by atoms with Gasteiger partial charge in [-0.15, -0.1) is 11.3 Å². The number of carbonyl (C=O) groups excluding carboxylic acids is 2. The maximum Gasteiger partial charge on any atom is 0.315 e. The lowest BCUT2D eigenvalue weighted by molar-refractivity contribution is -0.136. The average molecular weight is 269 g/mol. The van der Waals surface area contributed by atoms with Gasteiger partial charge < -0.3 is 5.32 Å². The molecule has 0 saturated carbocycles. The minimum atomic E-state index is -0.654. The molecule has 18 heavy (non-hydrogen) atoms. The summed E-state index contributed by atoms with van der Waals surface area (Å²) in [6.45, 7) is 2.71. The summed E-state index contributed by atoms with van der Waals surface area (Å²) in [5, 5.41) is 7.22. The number of amides is 2. The van der Waals surface area contributed by atoms with Crippen LogP contribution in [0.1, 0.15) is 39.0 Å². The number of nitrogens with one attached hydrogen (secondary N) is 2. The Morgan fingerprint density at radius 1 is 1.22 bits per heavy atom. The van der Waals surface area contributed by atoms with Gasteiger partial charge in [0.1, 0.15) is 0 Å². The topological polar surface area (TPSA) is 71.1 Å². The van der Waals surface area contributed by atoms with E-state index in [-0.39, 0.29) is 0 Å². The van der Waals surface area contributed by atoms with Crippen molar-refractivity contribution in [2.75, 3.05) is 11.9 Å². The quantitative estimate of drug-likeness (QED) is 0.588. The van der Waals surface area contributed by atoms with Crippen molar-refractivity contribution in [3.63, 3.8) is 0 Å². The summed E-state index contributed by atoms with van der Waals surface area (Å²) < 4.78 is 0. The number of anilines is 1. The molecule has 0 unspecified atom stereocenters. The van der Waals surface area contributed by atoms with Gasteiger partial charge >= 0.3 is 11.8 Å². The van der Waals surface area contributed by atoms with E-state index in [0.29, 0.717) is 11.7 Å². The molecule has 0 saturated heterocycles. The number of unbranched alkanes of at least 4 members (excludes halogenated alkanes) is 4. The van der Waals surface area contributed by atoms with Crippen LogP contribution < -0.4 is 10.6 Å². The molecule has 2 N–H and O–H groups in total. The van der Waals surface area contributed by atoms with Crippen molar-refractivity contribution in [1.82, 2.24) is 10.3 Å². The van der Waals surface area contributed by atoms with Crippen molar-refractivity contribution in [2.45, 2.75) is 39.0 Å². The number of aromatic nitrogens is 1. The number of nitrogens with zero attached hydrogens (tertiary/aromatic N) is 1. The number of carbonyl (C=O) groups is 2. The molecule has 1 rings (SSSR count). The van der Waals surface area contributed by atoms with Crippen LogP contribution >= 0.6 is 11.3 Å². The number of rotatable bonds is 7. The monoisotopic (exact) mass is 269 g/mol. The first-order chi connectivity index (χ1) is 8.74. The van der Waals surface area contributed by atoms with E-state index in [1.807, 2.05) is 0 Å². The van der Waals surface area contributed by atoms with Gasteiger partial charge in [0.05, 0.1) is 0 Å². The van der Waals surface area contributed by atoms with Crippen molar-refractivity contribution in [3.05, 3.63) is 11.6 Å². The lowest BCUT2D eigenvalue weighted by Crippen LogP contribution is -2.35. The van der Waals surface area contributed by atoms with Gasteiger partial charge in [-0.05, 0) is 6.42 Å². The third-order valence-electron chi connectivity index (χ3n) is 2.42. The van der Waals surface area contributed by atoms with Crippen LogP contribution in [0.2, 0.25) is 0 Å². The largest absolute Gasteiger partial charge is 0.348 e. The number of hydrogen-bond donors (Lipinski definition) is 2. The van der Waals surface area contributed by atoms with Gasteiger partial charge in [0, 0.05) is 18.1 Å². The zero-order valence-electron chi connectivity index (χ0n) is 10.6. The Morgan fingerprint density at radius 2 is 2.00 bits per heavy atom. The van der Waals surface area contributed by atoms with Gasteiger partial charge in [-0.2, -0.15) is 0 Å². The van der Waals surface area contributed by atoms with Crippen molar-refractivity contribution < 1.29 is 9.59 Å². The molecule has 0 aliphatic carbocycles. The summed E-state index contributed by atoms with van der Waals surface area (Å²) in [4.78, 5) is 26.7. The molecule has 6 heteroatoms. The Labute approximate surface area is 111 Å². The van der Waals surface area contributed by atoms with E-state index >= 15 is 0 Å². The first-order valence-electron chi connectivity index (χ1n) is 6.22. The Hall–Kier alpha value is -1.43. The molecule has 1 aromatic heterocycles. The summed E-state index contributed by atoms with van der Waals surface area (Å²) >= 11 is 1.28. The standard InChI is InChI=1S/C12H19N3O2S/c1-2-3-4-5-6-7-13-10(16)11(17)15-12-14-8-9-18-12/h8-9H,2-7H2,1H3,(H,13,16)(H,14,15,17). The molecule has 0 bridgehead atoms. The zero-order chi connectivity index (χ0) is 13.2. The highest BCUT2D eigenvalue weighted by atomic mass is 32.1. The summed E-state index contributed by atoms with van der Waals surface area (Å²) in [7, 11) is 0. The predicted octanol–water partition coefficient (Wildman–Crippen LogP) is 2.17. The Kier molecular flexibility index (Phi) is 7.01. The predicted molar refractivity (Wildman–Crippen MR) is 72.5 cm³/mol. The van der Waals surface area contributed by atoms with Crippen LogP contribution in [0.5, 0.6) is 0 Å². The maximum absolute atomic E-state index is 11.4. The molecule has 1 heterocycles. The van der Waals surface area contributed by atoms with E-state index in [9.17, 15) is 9.59 Å². The van der Waals surface area contributed by atoms with Crippen LogP contribution in [0.3, 0.4) is 0 Å². The lowest BCUT2D eigenvalue weighted by atomic mass is 10.1. The van der Waals surface area contributed by atoms with Gasteiger partial charge in [0.2, 0.25) is 0 Å². The van der Waals surface area contributed by atoms with Crippen LogP contribution in [0, 0.1) is 0 Å². The molecule has 0 spiro atoms. The summed E-state index contributed by atoms with van der Waals surface area (Å²) in [6.07, 6.45) is 7.17. The first-order valence-corrected chi connectivity index (χ1v) is 7.10. The molecule has 0 fully saturated rings. The van der Waals surface area contributed by atoms with E-state index in [1.165, 1.54) is 30.6 Å². The molecule has 1 aromatic rings. The SMILES string of the molecule is CCCCCCCNC(=O)C(=O)Nc1nccs1. The Balaban J connectivity index is 2.11. The van der Waals surface area contributed by atoms with E-state index in [0.717, 1.165) is 12.8 Å². The summed E-state index contributed by atoms with van der Waals surface area (Å²) in [5.41, 5.74) is 0. The third kappa shape index (κ3) is 5.77. The molecule has 100 valence electrons. The van der Waals surface area contributed by atoms with Crippen LogP contribution in [0.4, 0.5) is 5.13 Å². The van der Waals surface area contributed by atoms with Crippen LogP contribution in [-0.4, -0.2) is 23.3 Å². The fraction of sp³-hybridized carbons (Fsp3) is 0.583. The minimum Gasteiger partial charge on any atom is -0.348 e. The van der Waals surface area contributed by atoms with Gasteiger partial charge in [0.15, 0.2) is 5.13 Å². The van der Waals surface area contributed by atoms with Crippen molar-refractivity contribution in [2.24, 2.45) is 0 Å². The maximum atomic E-state index is 11.4. The summed E-state index contributed by atoms with van der Waals surface area (Å²) in [5.74, 6) is -1.25. The molecule has 0 radical (unpaired) electrons. The summed E-state index contributed by atoms with van der Waals surface area (Å²) in [6, 6.07) is 0. The third-order valence-corrected chi connectivity index (χ3v) is 3.11. The minimum absolute atomic E-state index is 0.443. The van der Waals surface area contributed by atoms with Crippen LogP contribution in [0.25, 0.3) is 0 Å². The molecule has 0 aliphatic rings. The van der Waals surface area contributed by atoms with E-state index < -0.39 is 11.8 Å².